The first kappa shape index (κ1) is 18.2. The van der Waals surface area contributed by atoms with Gasteiger partial charge in [0.05, 0.1) is 6.61 Å². The molecule has 1 aromatic rings. The van der Waals surface area contributed by atoms with Crippen LogP contribution in [-0.4, -0.2) is 23.5 Å². The van der Waals surface area contributed by atoms with Crippen molar-refractivity contribution in [3.05, 3.63) is 47.9 Å². The normalized spacial score (nSPS) is 11.0. The molecule has 0 fully saturated rings. The molecule has 0 saturated heterocycles. The summed E-state index contributed by atoms with van der Waals surface area (Å²) < 4.78 is 4.73. The van der Waals surface area contributed by atoms with E-state index in [-0.39, 0.29) is 17.4 Å². The second-order valence-electron chi connectivity index (χ2n) is 4.52. The summed E-state index contributed by atoms with van der Waals surface area (Å²) in [7, 11) is 0. The van der Waals surface area contributed by atoms with Gasteiger partial charge in [0, 0.05) is 6.42 Å². The molecule has 0 aliphatic carbocycles. The molecule has 0 N–H and O–H groups in total. The van der Waals surface area contributed by atoms with Crippen molar-refractivity contribution in [3.8, 4) is 0 Å². The SMILES string of the molecule is C=CS/C(=N\C(=O)OCC)C(=O)CCCCc1ccccc1. The van der Waals surface area contributed by atoms with Crippen molar-refractivity contribution >= 4 is 28.7 Å². The van der Waals surface area contributed by atoms with Gasteiger partial charge >= 0.3 is 6.09 Å². The number of carbonyl (C=O) groups is 2. The predicted molar refractivity (Wildman–Crippen MR) is 91.2 cm³/mol. The molecular formula is C17H21NO3S. The third-order valence-corrected chi connectivity index (χ3v) is 3.57. The Hall–Kier alpha value is -1.88. The summed E-state index contributed by atoms with van der Waals surface area (Å²) in [5, 5.41) is 1.63. The first-order valence-electron chi connectivity index (χ1n) is 7.27. The van der Waals surface area contributed by atoms with Crippen LogP contribution in [0.3, 0.4) is 0 Å². The van der Waals surface area contributed by atoms with E-state index < -0.39 is 6.09 Å². The molecule has 0 aromatic heterocycles. The van der Waals surface area contributed by atoms with Crippen molar-refractivity contribution in [1.29, 1.82) is 0 Å². The van der Waals surface area contributed by atoms with Gasteiger partial charge in [-0.05, 0) is 37.2 Å². The average molecular weight is 319 g/mol. The minimum absolute atomic E-state index is 0.146. The van der Waals surface area contributed by atoms with Crippen molar-refractivity contribution in [1.82, 2.24) is 0 Å². The lowest BCUT2D eigenvalue weighted by molar-refractivity contribution is -0.112. The maximum atomic E-state index is 12.1. The zero-order valence-electron chi connectivity index (χ0n) is 12.8. The molecule has 0 bridgehead atoms. The zero-order valence-corrected chi connectivity index (χ0v) is 13.6. The molecular weight excluding hydrogens is 298 g/mol. The van der Waals surface area contributed by atoms with E-state index in [1.807, 2.05) is 18.2 Å². The Morgan fingerprint density at radius 1 is 1.27 bits per heavy atom. The summed E-state index contributed by atoms with van der Waals surface area (Å²) in [5.74, 6) is -0.147. The van der Waals surface area contributed by atoms with E-state index in [4.69, 9.17) is 4.74 Å². The number of amides is 1. The Labute approximate surface area is 135 Å². The lowest BCUT2D eigenvalue weighted by Crippen LogP contribution is -2.13. The molecule has 4 nitrogen and oxygen atoms in total. The number of ketones is 1. The molecule has 118 valence electrons. The second-order valence-corrected chi connectivity index (χ2v) is 5.47. The van der Waals surface area contributed by atoms with Gasteiger partial charge in [0.1, 0.15) is 0 Å². The quantitative estimate of drug-likeness (QED) is 0.405. The fraction of sp³-hybridized carbons (Fsp3) is 0.353. The number of hydrogen-bond donors (Lipinski definition) is 0. The van der Waals surface area contributed by atoms with E-state index in [1.165, 1.54) is 11.0 Å². The Morgan fingerprint density at radius 2 is 2.00 bits per heavy atom. The van der Waals surface area contributed by atoms with Crippen LogP contribution in [0.2, 0.25) is 0 Å². The Bertz CT molecular complexity index is 526. The predicted octanol–water partition coefficient (Wildman–Crippen LogP) is 4.40. The van der Waals surface area contributed by atoms with Gasteiger partial charge in [-0.1, -0.05) is 48.7 Å². The smallest absolute Gasteiger partial charge is 0.434 e. The highest BCUT2D eigenvalue weighted by Gasteiger charge is 2.13. The first-order chi connectivity index (χ1) is 10.7. The topological polar surface area (TPSA) is 55.7 Å². The van der Waals surface area contributed by atoms with E-state index in [1.54, 1.807) is 6.92 Å². The van der Waals surface area contributed by atoms with Crippen molar-refractivity contribution < 1.29 is 14.3 Å². The molecule has 0 atom stereocenters. The second kappa shape index (κ2) is 10.8. The summed E-state index contributed by atoms with van der Waals surface area (Å²) in [6.45, 7) is 5.48. The molecule has 0 spiro atoms. The summed E-state index contributed by atoms with van der Waals surface area (Å²) >= 11 is 1.06. The molecule has 0 unspecified atom stereocenters. The Kier molecular flexibility index (Phi) is 8.91. The van der Waals surface area contributed by atoms with Crippen LogP contribution in [0.25, 0.3) is 0 Å². The van der Waals surface area contributed by atoms with Crippen LogP contribution < -0.4 is 0 Å². The van der Waals surface area contributed by atoms with Gasteiger partial charge in [0.2, 0.25) is 0 Å². The number of thioether (sulfide) groups is 1. The lowest BCUT2D eigenvalue weighted by Gasteiger charge is -2.04. The number of unbranched alkanes of at least 4 members (excludes halogenated alkanes) is 1. The highest BCUT2D eigenvalue weighted by molar-refractivity contribution is 8.18. The Balaban J connectivity index is 2.43. The number of aryl methyl sites for hydroxylation is 1. The lowest BCUT2D eigenvalue weighted by atomic mass is 10.1. The first-order valence-corrected chi connectivity index (χ1v) is 8.15. The molecule has 22 heavy (non-hydrogen) atoms. The van der Waals surface area contributed by atoms with Gasteiger partial charge in [0.15, 0.2) is 10.8 Å². The number of nitrogens with zero attached hydrogens (tertiary/aromatic N) is 1. The van der Waals surface area contributed by atoms with Crippen LogP contribution in [0.5, 0.6) is 0 Å². The zero-order chi connectivity index (χ0) is 16.2. The molecule has 0 aliphatic heterocycles. The van der Waals surface area contributed by atoms with Crippen molar-refractivity contribution in [2.45, 2.75) is 32.6 Å². The van der Waals surface area contributed by atoms with Crippen LogP contribution in [0.1, 0.15) is 31.7 Å². The molecule has 0 saturated carbocycles. The average Bonchev–Trinajstić information content (AvgIpc) is 2.52. The van der Waals surface area contributed by atoms with Gasteiger partial charge in [-0.3, -0.25) is 4.79 Å². The van der Waals surface area contributed by atoms with Gasteiger partial charge < -0.3 is 4.74 Å². The van der Waals surface area contributed by atoms with Gasteiger partial charge in [-0.15, -0.1) is 0 Å². The van der Waals surface area contributed by atoms with E-state index >= 15 is 0 Å². The van der Waals surface area contributed by atoms with Gasteiger partial charge in [-0.2, -0.15) is 4.99 Å². The summed E-state index contributed by atoms with van der Waals surface area (Å²) in [6.07, 6.45) is 2.25. The van der Waals surface area contributed by atoms with Crippen LogP contribution in [0.15, 0.2) is 47.3 Å². The summed E-state index contributed by atoms with van der Waals surface area (Å²) in [4.78, 5) is 27.1. The highest BCUT2D eigenvalue weighted by Crippen LogP contribution is 2.12. The maximum absolute atomic E-state index is 12.1. The number of carbonyl (C=O) groups excluding carboxylic acids is 2. The summed E-state index contributed by atoms with van der Waals surface area (Å²) in [5.41, 5.74) is 1.26. The number of rotatable bonds is 8. The number of ether oxygens (including phenoxy) is 1. The number of Topliss-reactive ketones (excluding diaryl/α,β-unsaturated/α-hetero) is 1. The molecule has 1 aromatic carbocycles. The number of benzene rings is 1. The molecule has 1 amide bonds. The molecule has 0 aliphatic rings. The Morgan fingerprint density at radius 3 is 2.64 bits per heavy atom. The van der Waals surface area contributed by atoms with E-state index in [2.05, 4.69) is 23.7 Å². The number of hydrogen-bond acceptors (Lipinski definition) is 4. The molecule has 1 rings (SSSR count). The number of aliphatic imine (C=N–C) groups is 1. The standard InChI is InChI=1S/C17H21NO3S/c1-3-21-17(20)18-16(22-4-2)15(19)13-9-8-12-14-10-6-5-7-11-14/h4-7,10-11H,2-3,8-9,12-13H2,1H3/b18-16-. The summed E-state index contributed by atoms with van der Waals surface area (Å²) in [6, 6.07) is 10.1. The van der Waals surface area contributed by atoms with E-state index in [0.29, 0.717) is 6.42 Å². The van der Waals surface area contributed by atoms with Crippen LogP contribution >= 0.6 is 11.8 Å². The third-order valence-electron chi connectivity index (χ3n) is 2.86. The van der Waals surface area contributed by atoms with Crippen LogP contribution in [0.4, 0.5) is 4.79 Å². The molecule has 0 heterocycles. The minimum Gasteiger partial charge on any atom is -0.448 e. The van der Waals surface area contributed by atoms with Crippen LogP contribution in [-0.2, 0) is 16.0 Å². The maximum Gasteiger partial charge on any atom is 0.434 e. The van der Waals surface area contributed by atoms with Gasteiger partial charge in [-0.25, -0.2) is 4.79 Å². The monoisotopic (exact) mass is 319 g/mol. The largest absolute Gasteiger partial charge is 0.448 e. The van der Waals surface area contributed by atoms with E-state index in [9.17, 15) is 9.59 Å². The highest BCUT2D eigenvalue weighted by atomic mass is 32.2. The van der Waals surface area contributed by atoms with Crippen molar-refractivity contribution in [2.75, 3.05) is 6.61 Å². The molecule has 0 radical (unpaired) electrons. The minimum atomic E-state index is -0.732. The van der Waals surface area contributed by atoms with Crippen LogP contribution in [0, 0.1) is 0 Å². The fourth-order valence-corrected chi connectivity index (χ4v) is 2.36. The fourth-order valence-electron chi connectivity index (χ4n) is 1.84. The van der Waals surface area contributed by atoms with Crippen molar-refractivity contribution in [2.24, 2.45) is 4.99 Å². The van der Waals surface area contributed by atoms with Gasteiger partial charge in [0.25, 0.3) is 0 Å². The third kappa shape index (κ3) is 7.22. The van der Waals surface area contributed by atoms with E-state index in [0.717, 1.165) is 31.0 Å². The molecule has 5 heteroatoms. The van der Waals surface area contributed by atoms with Crippen molar-refractivity contribution in [3.63, 3.8) is 0 Å².